The van der Waals surface area contributed by atoms with Crippen molar-refractivity contribution in [3.8, 4) is 10.6 Å². The summed E-state index contributed by atoms with van der Waals surface area (Å²) in [5.74, 6) is 0.561. The quantitative estimate of drug-likeness (QED) is 0.769. The van der Waals surface area contributed by atoms with E-state index in [4.69, 9.17) is 4.52 Å². The average Bonchev–Trinajstić information content (AvgIpc) is 3.11. The molecule has 0 aliphatic rings. The Labute approximate surface area is 139 Å². The molecule has 0 saturated heterocycles. The molecule has 23 heavy (non-hydrogen) atoms. The van der Waals surface area contributed by atoms with E-state index in [0.717, 1.165) is 16.0 Å². The van der Waals surface area contributed by atoms with Gasteiger partial charge in [0.15, 0.2) is 5.76 Å². The molecule has 0 atom stereocenters. The number of nitrogens with one attached hydrogen (secondary N) is 1. The lowest BCUT2D eigenvalue weighted by Gasteiger charge is -2.11. The van der Waals surface area contributed by atoms with Crippen LogP contribution in [0.3, 0.4) is 0 Å². The van der Waals surface area contributed by atoms with Crippen LogP contribution in [0.5, 0.6) is 0 Å². The van der Waals surface area contributed by atoms with Gasteiger partial charge in [-0.05, 0) is 44.0 Å². The van der Waals surface area contributed by atoms with Crippen molar-refractivity contribution in [1.29, 1.82) is 0 Å². The van der Waals surface area contributed by atoms with Crippen molar-refractivity contribution in [2.45, 2.75) is 25.7 Å². The Balaban J connectivity index is 1.98. The van der Waals surface area contributed by atoms with E-state index in [1.165, 1.54) is 17.5 Å². The fourth-order valence-electron chi connectivity index (χ4n) is 2.24. The van der Waals surface area contributed by atoms with Crippen molar-refractivity contribution in [3.63, 3.8) is 0 Å². The van der Waals surface area contributed by atoms with Gasteiger partial charge in [-0.3, -0.25) is 4.72 Å². The zero-order valence-corrected chi connectivity index (χ0v) is 14.6. The lowest BCUT2D eigenvalue weighted by molar-refractivity contribution is 0.433. The smallest absolute Gasteiger partial charge is 0.263 e. The van der Waals surface area contributed by atoms with E-state index in [2.05, 4.69) is 9.88 Å². The molecule has 0 unspecified atom stereocenters. The molecule has 3 aromatic rings. The molecule has 0 amide bonds. The molecule has 3 rings (SSSR count). The third kappa shape index (κ3) is 3.16. The number of benzene rings is 1. The summed E-state index contributed by atoms with van der Waals surface area (Å²) in [6.07, 6.45) is 1.53. The third-order valence-electron chi connectivity index (χ3n) is 3.48. The number of sulfonamides is 1. The summed E-state index contributed by atoms with van der Waals surface area (Å²) < 4.78 is 33.2. The maximum absolute atomic E-state index is 12.7. The number of hydrogen-bond acceptors (Lipinski definition) is 5. The molecular formula is C16H16N2O3S2. The van der Waals surface area contributed by atoms with Crippen LogP contribution in [0.4, 0.5) is 5.69 Å². The normalized spacial score (nSPS) is 11.6. The molecule has 0 aliphatic carbocycles. The van der Waals surface area contributed by atoms with Crippen LogP contribution in [0.25, 0.3) is 10.6 Å². The molecule has 0 radical (unpaired) electrons. The van der Waals surface area contributed by atoms with Gasteiger partial charge in [0.25, 0.3) is 10.0 Å². The summed E-state index contributed by atoms with van der Waals surface area (Å²) in [4.78, 5) is 1.70. The molecule has 0 bridgehead atoms. The van der Waals surface area contributed by atoms with Crippen molar-refractivity contribution in [1.82, 2.24) is 5.16 Å². The second kappa shape index (κ2) is 5.82. The van der Waals surface area contributed by atoms with Gasteiger partial charge in [-0.25, -0.2) is 8.42 Å². The van der Waals surface area contributed by atoms with E-state index >= 15 is 0 Å². The van der Waals surface area contributed by atoms with Crippen molar-refractivity contribution >= 4 is 27.0 Å². The summed E-state index contributed by atoms with van der Waals surface area (Å²) in [5, 5.41) is 3.66. The first-order chi connectivity index (χ1) is 10.9. The number of anilines is 1. The minimum Gasteiger partial charge on any atom is -0.355 e. The Kier molecular flexibility index (Phi) is 3.99. The van der Waals surface area contributed by atoms with Crippen LogP contribution >= 0.6 is 11.3 Å². The van der Waals surface area contributed by atoms with E-state index in [9.17, 15) is 8.42 Å². The van der Waals surface area contributed by atoms with Gasteiger partial charge in [0, 0.05) is 10.9 Å². The molecule has 0 spiro atoms. The van der Waals surface area contributed by atoms with Crippen LogP contribution in [0, 0.1) is 20.8 Å². The SMILES string of the molecule is Cc1ccc(C)c(NS(=O)(=O)c2cc(-c3ccno3)sc2C)c1. The standard InChI is InChI=1S/C16H16N2O3S2/c1-10-4-5-11(2)13(8-10)18-23(19,20)16-9-15(22-12(16)3)14-6-7-17-21-14/h4-9,18H,1-3H3. The van der Waals surface area contributed by atoms with E-state index in [-0.39, 0.29) is 4.90 Å². The Hall–Kier alpha value is -2.12. The molecule has 2 heterocycles. The Morgan fingerprint density at radius 3 is 2.61 bits per heavy atom. The topological polar surface area (TPSA) is 72.2 Å². The second-order valence-electron chi connectivity index (χ2n) is 5.33. The summed E-state index contributed by atoms with van der Waals surface area (Å²) in [5.41, 5.74) is 2.47. The van der Waals surface area contributed by atoms with Crippen molar-refractivity contribution in [2.75, 3.05) is 4.72 Å². The molecular weight excluding hydrogens is 332 g/mol. The molecule has 0 saturated carbocycles. The molecule has 1 N–H and O–H groups in total. The maximum Gasteiger partial charge on any atom is 0.263 e. The summed E-state index contributed by atoms with van der Waals surface area (Å²) in [7, 11) is -3.66. The highest BCUT2D eigenvalue weighted by Crippen LogP contribution is 2.34. The van der Waals surface area contributed by atoms with E-state index < -0.39 is 10.0 Å². The first-order valence-electron chi connectivity index (χ1n) is 6.98. The third-order valence-corrected chi connectivity index (χ3v) is 6.17. The minimum absolute atomic E-state index is 0.259. The van der Waals surface area contributed by atoms with Crippen LogP contribution < -0.4 is 4.72 Å². The van der Waals surface area contributed by atoms with Gasteiger partial charge in [-0.15, -0.1) is 11.3 Å². The Bertz CT molecular complexity index is 942. The van der Waals surface area contributed by atoms with E-state index in [0.29, 0.717) is 16.3 Å². The highest BCUT2D eigenvalue weighted by Gasteiger charge is 2.22. The van der Waals surface area contributed by atoms with Gasteiger partial charge in [-0.2, -0.15) is 0 Å². The number of nitrogens with zero attached hydrogens (tertiary/aromatic N) is 1. The van der Waals surface area contributed by atoms with Crippen LogP contribution in [-0.2, 0) is 10.0 Å². The summed E-state index contributed by atoms with van der Waals surface area (Å²) >= 11 is 1.36. The lowest BCUT2D eigenvalue weighted by Crippen LogP contribution is -2.14. The van der Waals surface area contributed by atoms with Gasteiger partial charge >= 0.3 is 0 Å². The second-order valence-corrected chi connectivity index (χ2v) is 8.24. The maximum atomic E-state index is 12.7. The van der Waals surface area contributed by atoms with Gasteiger partial charge in [0.05, 0.1) is 16.8 Å². The van der Waals surface area contributed by atoms with Crippen LogP contribution in [0.2, 0.25) is 0 Å². The summed E-state index contributed by atoms with van der Waals surface area (Å²) in [6.45, 7) is 5.58. The molecule has 0 aliphatic heterocycles. The van der Waals surface area contributed by atoms with Crippen molar-refractivity contribution < 1.29 is 12.9 Å². The van der Waals surface area contributed by atoms with Crippen molar-refractivity contribution in [3.05, 3.63) is 52.5 Å². The molecule has 120 valence electrons. The average molecular weight is 348 g/mol. The molecule has 1 aromatic carbocycles. The van der Waals surface area contributed by atoms with Crippen LogP contribution in [0.1, 0.15) is 16.0 Å². The van der Waals surface area contributed by atoms with Gasteiger partial charge < -0.3 is 4.52 Å². The van der Waals surface area contributed by atoms with Gasteiger partial charge in [-0.1, -0.05) is 17.3 Å². The molecule has 7 heteroatoms. The fraction of sp³-hybridized carbons (Fsp3) is 0.188. The number of thiophene rings is 1. The molecule has 5 nitrogen and oxygen atoms in total. The lowest BCUT2D eigenvalue weighted by atomic mass is 10.1. The van der Waals surface area contributed by atoms with Crippen molar-refractivity contribution in [2.24, 2.45) is 0 Å². The Morgan fingerprint density at radius 1 is 1.13 bits per heavy atom. The zero-order valence-electron chi connectivity index (χ0n) is 13.0. The first-order valence-corrected chi connectivity index (χ1v) is 9.28. The number of aromatic nitrogens is 1. The Morgan fingerprint density at radius 2 is 1.91 bits per heavy atom. The predicted octanol–water partition coefficient (Wildman–Crippen LogP) is 4.13. The highest BCUT2D eigenvalue weighted by atomic mass is 32.2. The fourth-order valence-corrected chi connectivity index (χ4v) is 4.91. The highest BCUT2D eigenvalue weighted by molar-refractivity contribution is 7.93. The largest absolute Gasteiger partial charge is 0.355 e. The molecule has 2 aromatic heterocycles. The van der Waals surface area contributed by atoms with E-state index in [1.807, 2.05) is 32.0 Å². The number of rotatable bonds is 4. The summed E-state index contributed by atoms with van der Waals surface area (Å²) in [6, 6.07) is 9.00. The first kappa shape index (κ1) is 15.8. The van der Waals surface area contributed by atoms with Gasteiger partial charge in [0.1, 0.15) is 4.90 Å². The molecule has 0 fully saturated rings. The zero-order chi connectivity index (χ0) is 16.6. The predicted molar refractivity (Wildman–Crippen MR) is 91.3 cm³/mol. The monoisotopic (exact) mass is 348 g/mol. The van der Waals surface area contributed by atoms with Crippen LogP contribution in [-0.4, -0.2) is 13.6 Å². The van der Waals surface area contributed by atoms with E-state index in [1.54, 1.807) is 19.1 Å². The van der Waals surface area contributed by atoms with Crippen LogP contribution in [0.15, 0.2) is 45.9 Å². The number of aryl methyl sites for hydroxylation is 3. The minimum atomic E-state index is -3.66. The van der Waals surface area contributed by atoms with Gasteiger partial charge in [0.2, 0.25) is 0 Å². The number of hydrogen-bond donors (Lipinski definition) is 1.